The second-order valence-electron chi connectivity index (χ2n) is 3.47. The van der Waals surface area contributed by atoms with Gasteiger partial charge >= 0.3 is 0 Å². The van der Waals surface area contributed by atoms with Gasteiger partial charge in [-0.1, -0.05) is 23.2 Å². The van der Waals surface area contributed by atoms with Crippen molar-refractivity contribution >= 4 is 34.8 Å². The van der Waals surface area contributed by atoms with Gasteiger partial charge in [-0.15, -0.1) is 0 Å². The van der Waals surface area contributed by atoms with Crippen LogP contribution < -0.4 is 16.6 Å². The van der Waals surface area contributed by atoms with Crippen LogP contribution in [0.25, 0.3) is 0 Å². The zero-order valence-corrected chi connectivity index (χ0v) is 10.6. The van der Waals surface area contributed by atoms with Crippen molar-refractivity contribution in [1.82, 2.24) is 5.43 Å². The Hall–Kier alpha value is -0.970. The Labute approximate surface area is 105 Å². The third-order valence-electron chi connectivity index (χ3n) is 1.71. The van der Waals surface area contributed by atoms with Gasteiger partial charge in [0.25, 0.3) is 0 Å². The number of rotatable bonds is 2. The first-order chi connectivity index (χ1) is 7.52. The molecule has 0 atom stereocenters. The quantitative estimate of drug-likeness (QED) is 0.332. The molecule has 0 bridgehead atoms. The van der Waals surface area contributed by atoms with Crippen LogP contribution in [0.2, 0.25) is 10.0 Å². The Morgan fingerprint density at radius 3 is 2.50 bits per heavy atom. The van der Waals surface area contributed by atoms with Crippen LogP contribution in [0.15, 0.2) is 23.2 Å². The summed E-state index contributed by atoms with van der Waals surface area (Å²) in [6, 6.07) is 5.34. The van der Waals surface area contributed by atoms with E-state index in [-0.39, 0.29) is 6.04 Å². The molecule has 0 saturated carbocycles. The number of guanidine groups is 1. The number of hydrogen-bond donors (Lipinski definition) is 3. The van der Waals surface area contributed by atoms with Gasteiger partial charge in [-0.2, -0.15) is 0 Å². The molecule has 0 amide bonds. The normalized spacial score (nSPS) is 11.8. The van der Waals surface area contributed by atoms with E-state index in [1.807, 2.05) is 13.8 Å². The van der Waals surface area contributed by atoms with Crippen LogP contribution in [0.3, 0.4) is 0 Å². The van der Waals surface area contributed by atoms with Crippen molar-refractivity contribution in [1.29, 1.82) is 0 Å². The van der Waals surface area contributed by atoms with E-state index in [0.29, 0.717) is 16.0 Å². The second kappa shape index (κ2) is 5.94. The lowest BCUT2D eigenvalue weighted by molar-refractivity contribution is 0.819. The number of halogens is 2. The Kier molecular flexibility index (Phi) is 4.86. The van der Waals surface area contributed by atoms with Crippen molar-refractivity contribution < 1.29 is 0 Å². The first kappa shape index (κ1) is 13.1. The summed E-state index contributed by atoms with van der Waals surface area (Å²) in [6.45, 7) is 3.90. The van der Waals surface area contributed by atoms with E-state index in [9.17, 15) is 0 Å². The fourth-order valence-corrected chi connectivity index (χ4v) is 1.37. The summed E-state index contributed by atoms with van der Waals surface area (Å²) in [4.78, 5) is 4.24. The summed E-state index contributed by atoms with van der Waals surface area (Å²) in [7, 11) is 0. The molecule has 16 heavy (non-hydrogen) atoms. The van der Waals surface area contributed by atoms with Crippen molar-refractivity contribution in [3.8, 4) is 0 Å². The highest BCUT2D eigenvalue weighted by molar-refractivity contribution is 6.42. The molecule has 0 aliphatic heterocycles. The number of benzene rings is 1. The second-order valence-corrected chi connectivity index (χ2v) is 4.28. The van der Waals surface area contributed by atoms with Crippen molar-refractivity contribution in [2.24, 2.45) is 10.8 Å². The molecule has 0 aliphatic carbocycles. The van der Waals surface area contributed by atoms with Crippen molar-refractivity contribution in [2.45, 2.75) is 19.9 Å². The fourth-order valence-electron chi connectivity index (χ4n) is 1.07. The number of hydrogen-bond acceptors (Lipinski definition) is 2. The smallest absolute Gasteiger partial charge is 0.210 e. The van der Waals surface area contributed by atoms with E-state index >= 15 is 0 Å². The maximum atomic E-state index is 5.88. The first-order valence-corrected chi connectivity index (χ1v) is 5.55. The van der Waals surface area contributed by atoms with Crippen LogP contribution in [0.1, 0.15) is 13.8 Å². The molecule has 1 aromatic rings. The molecule has 0 heterocycles. The van der Waals surface area contributed by atoms with Gasteiger partial charge < -0.3 is 5.32 Å². The SMILES string of the molecule is CC(C)N=C(NN)Nc1ccc(Cl)c(Cl)c1. The van der Waals surface area contributed by atoms with Gasteiger partial charge in [0, 0.05) is 11.7 Å². The third-order valence-corrected chi connectivity index (χ3v) is 2.45. The summed E-state index contributed by atoms with van der Waals surface area (Å²) in [6.07, 6.45) is 0. The van der Waals surface area contributed by atoms with E-state index in [1.165, 1.54) is 0 Å². The zero-order chi connectivity index (χ0) is 12.1. The van der Waals surface area contributed by atoms with Gasteiger partial charge in [-0.3, -0.25) is 5.43 Å². The third kappa shape index (κ3) is 3.89. The summed E-state index contributed by atoms with van der Waals surface area (Å²) in [5.74, 6) is 5.81. The molecule has 0 aromatic heterocycles. The average molecular weight is 261 g/mol. The number of nitrogens with zero attached hydrogens (tertiary/aromatic N) is 1. The zero-order valence-electron chi connectivity index (χ0n) is 9.09. The molecule has 0 spiro atoms. The van der Waals surface area contributed by atoms with Gasteiger partial charge in [0.05, 0.1) is 10.0 Å². The van der Waals surface area contributed by atoms with Crippen LogP contribution in [0.5, 0.6) is 0 Å². The summed E-state index contributed by atoms with van der Waals surface area (Å²) in [5.41, 5.74) is 3.25. The molecule has 6 heteroatoms. The lowest BCUT2D eigenvalue weighted by Crippen LogP contribution is -2.36. The lowest BCUT2D eigenvalue weighted by atomic mass is 10.3. The standard InChI is InChI=1S/C10H14Cl2N4/c1-6(2)14-10(16-13)15-7-3-4-8(11)9(12)5-7/h3-6H,13H2,1-2H3,(H2,14,15,16). The van der Waals surface area contributed by atoms with Crippen molar-refractivity contribution in [3.05, 3.63) is 28.2 Å². The van der Waals surface area contributed by atoms with E-state index in [4.69, 9.17) is 29.0 Å². The molecule has 0 unspecified atom stereocenters. The minimum Gasteiger partial charge on any atom is -0.325 e. The van der Waals surface area contributed by atoms with E-state index in [2.05, 4.69) is 15.7 Å². The largest absolute Gasteiger partial charge is 0.325 e. The molecule has 0 aliphatic rings. The highest BCUT2D eigenvalue weighted by Crippen LogP contribution is 2.24. The van der Waals surface area contributed by atoms with Crippen LogP contribution in [0, 0.1) is 0 Å². The summed E-state index contributed by atoms with van der Waals surface area (Å²) < 4.78 is 0. The maximum absolute atomic E-state index is 5.88. The predicted octanol–water partition coefficient (Wildman–Crippen LogP) is 2.63. The molecule has 0 radical (unpaired) electrons. The van der Waals surface area contributed by atoms with Crippen LogP contribution in [-0.4, -0.2) is 12.0 Å². The Balaban J connectivity index is 2.82. The lowest BCUT2D eigenvalue weighted by Gasteiger charge is -2.10. The molecule has 88 valence electrons. The minimum atomic E-state index is 0.140. The number of aliphatic imine (C=N–C) groups is 1. The van der Waals surface area contributed by atoms with Crippen molar-refractivity contribution in [2.75, 3.05) is 5.32 Å². The molecule has 0 saturated heterocycles. The number of nitrogens with one attached hydrogen (secondary N) is 2. The minimum absolute atomic E-state index is 0.140. The Morgan fingerprint density at radius 2 is 2.00 bits per heavy atom. The Morgan fingerprint density at radius 1 is 1.31 bits per heavy atom. The van der Waals surface area contributed by atoms with Crippen molar-refractivity contribution in [3.63, 3.8) is 0 Å². The molecular weight excluding hydrogens is 247 g/mol. The van der Waals surface area contributed by atoms with Gasteiger partial charge in [0.1, 0.15) is 0 Å². The van der Waals surface area contributed by atoms with Gasteiger partial charge in [-0.25, -0.2) is 10.8 Å². The molecule has 1 rings (SSSR count). The highest BCUT2D eigenvalue weighted by Gasteiger charge is 2.02. The molecule has 1 aromatic carbocycles. The fraction of sp³-hybridized carbons (Fsp3) is 0.300. The van der Waals surface area contributed by atoms with Gasteiger partial charge in [-0.05, 0) is 32.0 Å². The topological polar surface area (TPSA) is 62.4 Å². The molecule has 4 N–H and O–H groups in total. The van der Waals surface area contributed by atoms with E-state index < -0.39 is 0 Å². The molecule has 0 fully saturated rings. The number of hydrazine groups is 1. The van der Waals surface area contributed by atoms with Crippen LogP contribution in [-0.2, 0) is 0 Å². The summed E-state index contributed by atoms with van der Waals surface area (Å²) >= 11 is 11.7. The predicted molar refractivity (Wildman–Crippen MR) is 70.0 cm³/mol. The Bertz CT molecular complexity index is 390. The van der Waals surface area contributed by atoms with Crippen LogP contribution in [0.4, 0.5) is 5.69 Å². The molecular formula is C10H14Cl2N4. The maximum Gasteiger partial charge on any atom is 0.210 e. The first-order valence-electron chi connectivity index (χ1n) is 4.79. The van der Waals surface area contributed by atoms with Gasteiger partial charge in [0.15, 0.2) is 0 Å². The number of nitrogens with two attached hydrogens (primary N) is 1. The summed E-state index contributed by atoms with van der Waals surface area (Å²) in [5, 5.41) is 3.99. The van der Waals surface area contributed by atoms with E-state index in [1.54, 1.807) is 18.2 Å². The van der Waals surface area contributed by atoms with Crippen LogP contribution >= 0.6 is 23.2 Å². The number of anilines is 1. The highest BCUT2D eigenvalue weighted by atomic mass is 35.5. The van der Waals surface area contributed by atoms with Gasteiger partial charge in [0.2, 0.25) is 5.96 Å². The monoisotopic (exact) mass is 260 g/mol. The molecule has 4 nitrogen and oxygen atoms in total. The average Bonchev–Trinajstić information content (AvgIpc) is 2.22. The van der Waals surface area contributed by atoms with E-state index in [0.717, 1.165) is 5.69 Å².